The number of piperidine rings is 1. The number of nitrogens with zero attached hydrogens (tertiary/aromatic N) is 2. The zero-order chi connectivity index (χ0) is 20.8. The van der Waals surface area contributed by atoms with E-state index in [0.717, 1.165) is 30.5 Å². The lowest BCUT2D eigenvalue weighted by atomic mass is 9.88. The summed E-state index contributed by atoms with van der Waals surface area (Å²) in [6.45, 7) is 1.34. The fraction of sp³-hybridized carbons (Fsp3) is 0.280. The number of likely N-dealkylation sites (tertiary alicyclic amines) is 1. The van der Waals surface area contributed by atoms with Crippen molar-refractivity contribution in [2.24, 2.45) is 0 Å². The quantitative estimate of drug-likeness (QED) is 0.541. The summed E-state index contributed by atoms with van der Waals surface area (Å²) in [6.07, 6.45) is 5.44. The Bertz CT molecular complexity index is 926. The maximum atomic E-state index is 13.3. The molecule has 1 aromatic heterocycles. The van der Waals surface area contributed by atoms with Gasteiger partial charge in [0.1, 0.15) is 16.9 Å². The highest BCUT2D eigenvalue weighted by molar-refractivity contribution is 6.31. The molecule has 2 heterocycles. The lowest BCUT2D eigenvalue weighted by molar-refractivity contribution is -0.134. The molecule has 1 aliphatic rings. The van der Waals surface area contributed by atoms with Gasteiger partial charge in [-0.3, -0.25) is 9.78 Å². The van der Waals surface area contributed by atoms with E-state index in [1.165, 1.54) is 0 Å². The third-order valence-corrected chi connectivity index (χ3v) is 5.83. The summed E-state index contributed by atoms with van der Waals surface area (Å²) in [5.74, 6) is 0.815. The molecular formula is C25H25ClN2O2. The standard InChI is InChI=1S/C25H25ClN2O2/c26-23-17-27-14-13-24(23)30-21-12-7-15-28(18-21)25(29)16-22(19-8-3-1-4-9-19)20-10-5-2-6-11-20/h1-6,8-11,13-14,17,21-22H,7,12,15-16,18H2. The monoisotopic (exact) mass is 420 g/mol. The molecule has 1 aliphatic heterocycles. The van der Waals surface area contributed by atoms with Gasteiger partial charge in [0, 0.05) is 37.3 Å². The van der Waals surface area contributed by atoms with E-state index in [0.29, 0.717) is 23.7 Å². The molecule has 30 heavy (non-hydrogen) atoms. The van der Waals surface area contributed by atoms with Crippen LogP contribution in [0.3, 0.4) is 0 Å². The van der Waals surface area contributed by atoms with Gasteiger partial charge in [0.05, 0.1) is 6.54 Å². The van der Waals surface area contributed by atoms with Gasteiger partial charge in [0.15, 0.2) is 0 Å². The molecule has 4 rings (SSSR count). The number of rotatable bonds is 6. The van der Waals surface area contributed by atoms with Crippen LogP contribution in [-0.4, -0.2) is 35.0 Å². The summed E-state index contributed by atoms with van der Waals surface area (Å²) in [6, 6.07) is 22.3. The second-order valence-corrected chi connectivity index (χ2v) is 8.01. The number of hydrogen-bond donors (Lipinski definition) is 0. The summed E-state index contributed by atoms with van der Waals surface area (Å²) in [5, 5.41) is 0.495. The minimum Gasteiger partial charge on any atom is -0.487 e. The Balaban J connectivity index is 1.46. The number of benzene rings is 2. The Morgan fingerprint density at radius 3 is 2.37 bits per heavy atom. The molecule has 2 aromatic carbocycles. The molecule has 0 N–H and O–H groups in total. The summed E-state index contributed by atoms with van der Waals surface area (Å²) in [5.41, 5.74) is 2.32. The summed E-state index contributed by atoms with van der Waals surface area (Å²) >= 11 is 6.18. The van der Waals surface area contributed by atoms with Gasteiger partial charge in [-0.25, -0.2) is 0 Å². The van der Waals surface area contributed by atoms with Crippen molar-refractivity contribution in [3.63, 3.8) is 0 Å². The highest BCUT2D eigenvalue weighted by atomic mass is 35.5. The number of halogens is 1. The van der Waals surface area contributed by atoms with Crippen molar-refractivity contribution >= 4 is 17.5 Å². The van der Waals surface area contributed by atoms with Crippen molar-refractivity contribution in [2.75, 3.05) is 13.1 Å². The number of pyridine rings is 1. The molecule has 0 radical (unpaired) electrons. The van der Waals surface area contributed by atoms with E-state index < -0.39 is 0 Å². The Hall–Kier alpha value is -2.85. The largest absolute Gasteiger partial charge is 0.487 e. The molecule has 154 valence electrons. The van der Waals surface area contributed by atoms with Crippen LogP contribution in [0.2, 0.25) is 5.02 Å². The summed E-state index contributed by atoms with van der Waals surface area (Å²) in [4.78, 5) is 19.2. The van der Waals surface area contributed by atoms with E-state index in [-0.39, 0.29) is 17.9 Å². The van der Waals surface area contributed by atoms with Crippen LogP contribution in [0, 0.1) is 0 Å². The van der Waals surface area contributed by atoms with Gasteiger partial charge in [-0.05, 0) is 24.0 Å². The molecule has 4 nitrogen and oxygen atoms in total. The first-order valence-corrected chi connectivity index (χ1v) is 10.7. The lowest BCUT2D eigenvalue weighted by Gasteiger charge is -2.34. The molecule has 1 unspecified atom stereocenters. The minimum atomic E-state index is -0.0606. The Kier molecular flexibility index (Phi) is 6.65. The number of carbonyl (C=O) groups excluding carboxylic acids is 1. The number of aromatic nitrogens is 1. The molecule has 1 saturated heterocycles. The smallest absolute Gasteiger partial charge is 0.223 e. The van der Waals surface area contributed by atoms with Crippen molar-refractivity contribution < 1.29 is 9.53 Å². The highest BCUT2D eigenvalue weighted by Crippen LogP contribution is 2.30. The van der Waals surface area contributed by atoms with Gasteiger partial charge in [-0.15, -0.1) is 0 Å². The Morgan fingerprint density at radius 1 is 1.07 bits per heavy atom. The van der Waals surface area contributed by atoms with Crippen LogP contribution in [0.15, 0.2) is 79.1 Å². The van der Waals surface area contributed by atoms with E-state index in [1.807, 2.05) is 41.3 Å². The molecule has 1 fully saturated rings. The van der Waals surface area contributed by atoms with E-state index >= 15 is 0 Å². The lowest BCUT2D eigenvalue weighted by Crippen LogP contribution is -2.44. The zero-order valence-corrected chi connectivity index (χ0v) is 17.5. The van der Waals surface area contributed by atoms with Gasteiger partial charge >= 0.3 is 0 Å². The predicted molar refractivity (Wildman–Crippen MR) is 119 cm³/mol. The summed E-state index contributed by atoms with van der Waals surface area (Å²) < 4.78 is 6.07. The Labute approximate surface area is 182 Å². The van der Waals surface area contributed by atoms with Crippen LogP contribution in [0.4, 0.5) is 0 Å². The van der Waals surface area contributed by atoms with Gasteiger partial charge in [-0.1, -0.05) is 72.3 Å². The molecule has 0 bridgehead atoms. The van der Waals surface area contributed by atoms with Crippen LogP contribution in [0.5, 0.6) is 5.75 Å². The number of amides is 1. The van der Waals surface area contributed by atoms with E-state index in [2.05, 4.69) is 29.2 Å². The van der Waals surface area contributed by atoms with E-state index in [4.69, 9.17) is 16.3 Å². The molecule has 0 aliphatic carbocycles. The fourth-order valence-corrected chi connectivity index (χ4v) is 4.16. The van der Waals surface area contributed by atoms with Crippen LogP contribution >= 0.6 is 11.6 Å². The second kappa shape index (κ2) is 9.77. The first-order valence-electron chi connectivity index (χ1n) is 10.3. The van der Waals surface area contributed by atoms with Crippen molar-refractivity contribution in [3.05, 3.63) is 95.3 Å². The van der Waals surface area contributed by atoms with Gasteiger partial charge in [-0.2, -0.15) is 0 Å². The molecule has 5 heteroatoms. The predicted octanol–water partition coefficient (Wildman–Crippen LogP) is 5.33. The van der Waals surface area contributed by atoms with Crippen molar-refractivity contribution in [2.45, 2.75) is 31.3 Å². The average molecular weight is 421 g/mol. The topological polar surface area (TPSA) is 42.4 Å². The first-order chi connectivity index (χ1) is 14.7. The zero-order valence-electron chi connectivity index (χ0n) is 16.8. The van der Waals surface area contributed by atoms with Crippen LogP contribution in [0.1, 0.15) is 36.3 Å². The maximum Gasteiger partial charge on any atom is 0.223 e. The van der Waals surface area contributed by atoms with Crippen LogP contribution in [-0.2, 0) is 4.79 Å². The van der Waals surface area contributed by atoms with Gasteiger partial charge in [0.25, 0.3) is 0 Å². The van der Waals surface area contributed by atoms with Gasteiger partial charge in [0.2, 0.25) is 5.91 Å². The average Bonchev–Trinajstić information content (AvgIpc) is 2.80. The van der Waals surface area contributed by atoms with Gasteiger partial charge < -0.3 is 9.64 Å². The number of ether oxygens (including phenoxy) is 1. The third-order valence-electron chi connectivity index (χ3n) is 5.54. The molecule has 0 saturated carbocycles. The SMILES string of the molecule is O=C(CC(c1ccccc1)c1ccccc1)N1CCCC(Oc2ccncc2Cl)C1. The van der Waals surface area contributed by atoms with E-state index in [1.54, 1.807) is 18.5 Å². The second-order valence-electron chi connectivity index (χ2n) is 7.61. The number of hydrogen-bond acceptors (Lipinski definition) is 3. The van der Waals surface area contributed by atoms with Crippen molar-refractivity contribution in [1.82, 2.24) is 9.88 Å². The molecule has 1 atom stereocenters. The number of carbonyl (C=O) groups is 1. The molecule has 0 spiro atoms. The van der Waals surface area contributed by atoms with Crippen LogP contribution < -0.4 is 4.74 Å². The van der Waals surface area contributed by atoms with E-state index in [9.17, 15) is 4.79 Å². The Morgan fingerprint density at radius 2 is 1.73 bits per heavy atom. The summed E-state index contributed by atoms with van der Waals surface area (Å²) in [7, 11) is 0. The van der Waals surface area contributed by atoms with Crippen molar-refractivity contribution in [3.8, 4) is 5.75 Å². The fourth-order valence-electron chi connectivity index (χ4n) is 4.00. The van der Waals surface area contributed by atoms with Crippen LogP contribution in [0.25, 0.3) is 0 Å². The molecular weight excluding hydrogens is 396 g/mol. The highest BCUT2D eigenvalue weighted by Gasteiger charge is 2.28. The molecule has 3 aromatic rings. The minimum absolute atomic E-state index is 0.0378. The molecule has 1 amide bonds. The first kappa shape index (κ1) is 20.4. The third kappa shape index (κ3) is 5.00. The maximum absolute atomic E-state index is 13.3. The normalized spacial score (nSPS) is 16.5. The van der Waals surface area contributed by atoms with Crippen molar-refractivity contribution in [1.29, 1.82) is 0 Å².